The first-order valence-electron chi connectivity index (χ1n) is 6.67. The van der Waals surface area contributed by atoms with Crippen LogP contribution in [0.3, 0.4) is 0 Å². The number of thiazole rings is 1. The van der Waals surface area contributed by atoms with Gasteiger partial charge in [-0.1, -0.05) is 42.5 Å². The summed E-state index contributed by atoms with van der Waals surface area (Å²) in [5.74, 6) is 0.779. The van der Waals surface area contributed by atoms with Gasteiger partial charge in [-0.2, -0.15) is 0 Å². The third kappa shape index (κ3) is 3.48. The van der Waals surface area contributed by atoms with Crippen molar-refractivity contribution in [3.63, 3.8) is 0 Å². The van der Waals surface area contributed by atoms with Gasteiger partial charge in [-0.15, -0.1) is 11.3 Å². The minimum Gasteiger partial charge on any atom is -0.487 e. The first kappa shape index (κ1) is 13.8. The first-order chi connectivity index (χ1) is 10.3. The molecule has 1 heterocycles. The van der Waals surface area contributed by atoms with E-state index in [0.717, 1.165) is 27.6 Å². The smallest absolute Gasteiger partial charge is 0.131 e. The molecule has 0 radical (unpaired) electrons. The Hall–Kier alpha value is -2.17. The van der Waals surface area contributed by atoms with E-state index in [-0.39, 0.29) is 6.61 Å². The summed E-state index contributed by atoms with van der Waals surface area (Å²) in [6.45, 7) is 0.495. The van der Waals surface area contributed by atoms with E-state index in [1.54, 1.807) is 11.3 Å². The summed E-state index contributed by atoms with van der Waals surface area (Å²) in [5.41, 5.74) is 2.92. The van der Waals surface area contributed by atoms with Crippen molar-refractivity contribution in [3.8, 4) is 16.3 Å². The van der Waals surface area contributed by atoms with Gasteiger partial charge < -0.3 is 9.84 Å². The minimum atomic E-state index is 0.0484. The normalized spacial score (nSPS) is 10.5. The zero-order valence-electron chi connectivity index (χ0n) is 11.4. The Morgan fingerprint density at radius 1 is 1.00 bits per heavy atom. The van der Waals surface area contributed by atoms with Gasteiger partial charge in [-0.3, -0.25) is 0 Å². The molecule has 3 nitrogen and oxygen atoms in total. The van der Waals surface area contributed by atoms with E-state index < -0.39 is 0 Å². The fraction of sp³-hybridized carbons (Fsp3) is 0.118. The molecular formula is C17H15NO2S. The van der Waals surface area contributed by atoms with Crippen LogP contribution in [0.1, 0.15) is 11.3 Å². The van der Waals surface area contributed by atoms with E-state index in [4.69, 9.17) is 9.84 Å². The molecule has 0 saturated carbocycles. The second kappa shape index (κ2) is 6.52. The molecule has 0 saturated heterocycles. The zero-order valence-corrected chi connectivity index (χ0v) is 12.2. The second-order valence-corrected chi connectivity index (χ2v) is 5.46. The van der Waals surface area contributed by atoms with Gasteiger partial charge in [-0.05, 0) is 17.7 Å². The van der Waals surface area contributed by atoms with Gasteiger partial charge in [0.25, 0.3) is 0 Å². The SMILES string of the molecule is OCc1ccc(OCc2csc(-c3ccccc3)n2)cc1. The van der Waals surface area contributed by atoms with Crippen LogP contribution in [-0.4, -0.2) is 10.1 Å². The molecule has 0 unspecified atom stereocenters. The van der Waals surface area contributed by atoms with Crippen molar-refractivity contribution in [2.24, 2.45) is 0 Å². The average Bonchev–Trinajstić information content (AvgIpc) is 3.03. The quantitative estimate of drug-likeness (QED) is 0.777. The van der Waals surface area contributed by atoms with Crippen LogP contribution in [-0.2, 0) is 13.2 Å². The summed E-state index contributed by atoms with van der Waals surface area (Å²) in [6, 6.07) is 17.5. The maximum absolute atomic E-state index is 9.00. The van der Waals surface area contributed by atoms with Gasteiger partial charge in [0.2, 0.25) is 0 Å². The first-order valence-corrected chi connectivity index (χ1v) is 7.55. The number of aliphatic hydroxyl groups excluding tert-OH is 1. The van der Waals surface area contributed by atoms with E-state index >= 15 is 0 Å². The molecule has 2 aromatic carbocycles. The van der Waals surface area contributed by atoms with E-state index in [2.05, 4.69) is 17.1 Å². The molecule has 1 aromatic heterocycles. The highest BCUT2D eigenvalue weighted by Gasteiger charge is 2.05. The van der Waals surface area contributed by atoms with Crippen LogP contribution in [0.15, 0.2) is 60.0 Å². The van der Waals surface area contributed by atoms with Crippen LogP contribution in [0.25, 0.3) is 10.6 Å². The van der Waals surface area contributed by atoms with Crippen LogP contribution in [0, 0.1) is 0 Å². The Morgan fingerprint density at radius 3 is 2.48 bits per heavy atom. The monoisotopic (exact) mass is 297 g/mol. The number of aromatic nitrogens is 1. The maximum atomic E-state index is 9.00. The van der Waals surface area contributed by atoms with Crippen LogP contribution in [0.2, 0.25) is 0 Å². The molecule has 0 atom stereocenters. The Morgan fingerprint density at radius 2 is 1.76 bits per heavy atom. The topological polar surface area (TPSA) is 42.4 Å². The molecule has 3 rings (SSSR count). The summed E-state index contributed by atoms with van der Waals surface area (Å²) < 4.78 is 5.70. The third-order valence-corrected chi connectivity index (χ3v) is 4.01. The highest BCUT2D eigenvalue weighted by molar-refractivity contribution is 7.13. The molecule has 21 heavy (non-hydrogen) atoms. The molecule has 0 aliphatic rings. The van der Waals surface area contributed by atoms with Gasteiger partial charge in [0, 0.05) is 10.9 Å². The Bertz CT molecular complexity index is 692. The van der Waals surface area contributed by atoms with Crippen molar-refractivity contribution < 1.29 is 9.84 Å². The lowest BCUT2D eigenvalue weighted by molar-refractivity contribution is 0.280. The number of hydrogen-bond acceptors (Lipinski definition) is 4. The van der Waals surface area contributed by atoms with Crippen molar-refractivity contribution >= 4 is 11.3 Å². The van der Waals surface area contributed by atoms with E-state index in [1.807, 2.05) is 47.8 Å². The van der Waals surface area contributed by atoms with Gasteiger partial charge in [0.15, 0.2) is 0 Å². The van der Waals surface area contributed by atoms with Crippen LogP contribution >= 0.6 is 11.3 Å². The lowest BCUT2D eigenvalue weighted by atomic mass is 10.2. The predicted octanol–water partition coefficient (Wildman–Crippen LogP) is 3.88. The van der Waals surface area contributed by atoms with E-state index in [0.29, 0.717) is 6.61 Å². The summed E-state index contributed by atoms with van der Waals surface area (Å²) in [6.07, 6.45) is 0. The summed E-state index contributed by atoms with van der Waals surface area (Å²) >= 11 is 1.62. The van der Waals surface area contributed by atoms with Crippen LogP contribution < -0.4 is 4.74 Å². The van der Waals surface area contributed by atoms with E-state index in [1.165, 1.54) is 0 Å². The molecule has 0 fully saturated rings. The molecule has 0 aliphatic heterocycles. The van der Waals surface area contributed by atoms with Crippen molar-refractivity contribution in [1.29, 1.82) is 0 Å². The van der Waals surface area contributed by atoms with Crippen molar-refractivity contribution in [2.45, 2.75) is 13.2 Å². The molecular weight excluding hydrogens is 282 g/mol. The summed E-state index contributed by atoms with van der Waals surface area (Å²) in [4.78, 5) is 4.58. The second-order valence-electron chi connectivity index (χ2n) is 4.60. The fourth-order valence-electron chi connectivity index (χ4n) is 1.93. The van der Waals surface area contributed by atoms with E-state index in [9.17, 15) is 0 Å². The number of nitrogens with zero attached hydrogens (tertiary/aromatic N) is 1. The summed E-state index contributed by atoms with van der Waals surface area (Å²) in [7, 11) is 0. The zero-order chi connectivity index (χ0) is 14.5. The molecule has 0 spiro atoms. The predicted molar refractivity (Wildman–Crippen MR) is 84.2 cm³/mol. The maximum Gasteiger partial charge on any atom is 0.131 e. The molecule has 0 bridgehead atoms. The molecule has 0 aliphatic carbocycles. The van der Waals surface area contributed by atoms with Gasteiger partial charge >= 0.3 is 0 Å². The highest BCUT2D eigenvalue weighted by atomic mass is 32.1. The lowest BCUT2D eigenvalue weighted by Crippen LogP contribution is -1.96. The Balaban J connectivity index is 1.64. The largest absolute Gasteiger partial charge is 0.487 e. The molecule has 1 N–H and O–H groups in total. The Labute approximate surface area is 127 Å². The number of aliphatic hydroxyl groups is 1. The van der Waals surface area contributed by atoms with Crippen LogP contribution in [0.4, 0.5) is 0 Å². The number of ether oxygens (including phenoxy) is 1. The van der Waals surface area contributed by atoms with Gasteiger partial charge in [-0.25, -0.2) is 4.98 Å². The number of hydrogen-bond donors (Lipinski definition) is 1. The number of benzene rings is 2. The number of rotatable bonds is 5. The molecule has 0 amide bonds. The molecule has 3 aromatic rings. The standard InChI is InChI=1S/C17H15NO2S/c19-10-13-6-8-16(9-7-13)20-11-15-12-21-17(18-15)14-4-2-1-3-5-14/h1-9,12,19H,10-11H2. The van der Waals surface area contributed by atoms with Crippen molar-refractivity contribution in [1.82, 2.24) is 4.98 Å². The minimum absolute atomic E-state index is 0.0484. The van der Waals surface area contributed by atoms with Gasteiger partial charge in [0.05, 0.1) is 12.3 Å². The van der Waals surface area contributed by atoms with Crippen LogP contribution in [0.5, 0.6) is 5.75 Å². The fourth-order valence-corrected chi connectivity index (χ4v) is 2.75. The highest BCUT2D eigenvalue weighted by Crippen LogP contribution is 2.24. The van der Waals surface area contributed by atoms with Gasteiger partial charge in [0.1, 0.15) is 17.4 Å². The van der Waals surface area contributed by atoms with Crippen molar-refractivity contribution in [3.05, 3.63) is 71.2 Å². The lowest BCUT2D eigenvalue weighted by Gasteiger charge is -2.04. The summed E-state index contributed by atoms with van der Waals surface area (Å²) in [5, 5.41) is 12.0. The molecule has 4 heteroatoms. The average molecular weight is 297 g/mol. The molecule has 106 valence electrons. The van der Waals surface area contributed by atoms with Crippen molar-refractivity contribution in [2.75, 3.05) is 0 Å². The third-order valence-electron chi connectivity index (χ3n) is 3.07. The Kier molecular flexibility index (Phi) is 4.28.